The molecule has 72 valence electrons. The van der Waals surface area contributed by atoms with Crippen LogP contribution in [0.5, 0.6) is 0 Å². The molecule has 1 aromatic heterocycles. The highest BCUT2D eigenvalue weighted by molar-refractivity contribution is 5.11. The fourth-order valence-electron chi connectivity index (χ4n) is 1.58. The average molecular weight is 179 g/mol. The minimum atomic E-state index is -0.796. The van der Waals surface area contributed by atoms with E-state index in [0.29, 0.717) is 5.92 Å². The Balaban J connectivity index is 2.81. The minimum absolute atomic E-state index is 0.469. The molecular weight excluding hydrogens is 162 g/mol. The fraction of sp³-hybridized carbons (Fsp3) is 0.545. The van der Waals surface area contributed by atoms with E-state index < -0.39 is 5.60 Å². The van der Waals surface area contributed by atoms with Gasteiger partial charge in [0.1, 0.15) is 5.60 Å². The highest BCUT2D eigenvalue weighted by Gasteiger charge is 2.25. The summed E-state index contributed by atoms with van der Waals surface area (Å²) in [4.78, 5) is 4.15. The normalized spacial score (nSPS) is 15.8. The summed E-state index contributed by atoms with van der Waals surface area (Å²) < 4.78 is 0. The van der Waals surface area contributed by atoms with Gasteiger partial charge in [-0.05, 0) is 31.4 Å². The van der Waals surface area contributed by atoms with E-state index in [2.05, 4.69) is 18.8 Å². The molecule has 0 saturated heterocycles. The van der Waals surface area contributed by atoms with Gasteiger partial charge < -0.3 is 5.11 Å². The summed E-state index contributed by atoms with van der Waals surface area (Å²) in [5.41, 5.74) is -0.0428. The average Bonchev–Trinajstić information content (AvgIpc) is 2.04. The largest absolute Gasteiger partial charge is 0.384 e. The molecule has 1 N–H and O–H groups in total. The van der Waals surface area contributed by atoms with E-state index in [1.165, 1.54) is 0 Å². The lowest BCUT2D eigenvalue weighted by Gasteiger charge is -2.24. The third-order valence-corrected chi connectivity index (χ3v) is 2.02. The van der Waals surface area contributed by atoms with E-state index in [4.69, 9.17) is 0 Å². The molecule has 1 atom stereocenters. The molecule has 0 spiro atoms. The van der Waals surface area contributed by atoms with Gasteiger partial charge >= 0.3 is 0 Å². The van der Waals surface area contributed by atoms with Crippen molar-refractivity contribution in [3.8, 4) is 0 Å². The molecular formula is C11H17NO. The number of rotatable bonds is 3. The van der Waals surface area contributed by atoms with Gasteiger partial charge in [-0.1, -0.05) is 19.9 Å². The summed E-state index contributed by atoms with van der Waals surface area (Å²) in [5.74, 6) is 0.469. The summed E-state index contributed by atoms with van der Waals surface area (Å²) in [5, 5.41) is 10.1. The second-order valence-corrected chi connectivity index (χ2v) is 4.09. The van der Waals surface area contributed by atoms with Gasteiger partial charge in [-0.25, -0.2) is 0 Å². The van der Waals surface area contributed by atoms with Crippen molar-refractivity contribution in [2.45, 2.75) is 32.8 Å². The molecule has 0 aromatic carbocycles. The Morgan fingerprint density at radius 3 is 2.62 bits per heavy atom. The Hall–Kier alpha value is -0.890. The molecule has 0 aliphatic rings. The lowest BCUT2D eigenvalue weighted by Crippen LogP contribution is -2.24. The van der Waals surface area contributed by atoms with Crippen molar-refractivity contribution >= 4 is 0 Å². The lowest BCUT2D eigenvalue weighted by molar-refractivity contribution is 0.0306. The Bertz CT molecular complexity index is 254. The molecule has 1 aromatic rings. The Morgan fingerprint density at radius 1 is 1.46 bits per heavy atom. The number of hydrogen-bond acceptors (Lipinski definition) is 2. The molecule has 0 aliphatic carbocycles. The Labute approximate surface area is 79.6 Å². The maximum Gasteiger partial charge on any atom is 0.104 e. The van der Waals surface area contributed by atoms with Crippen LogP contribution in [0.2, 0.25) is 0 Å². The van der Waals surface area contributed by atoms with Gasteiger partial charge in [-0.2, -0.15) is 0 Å². The molecule has 1 rings (SSSR count). The van der Waals surface area contributed by atoms with E-state index in [1.807, 2.05) is 25.1 Å². The summed E-state index contributed by atoms with van der Waals surface area (Å²) in [6.07, 6.45) is 2.45. The monoisotopic (exact) mass is 179 g/mol. The fourth-order valence-corrected chi connectivity index (χ4v) is 1.58. The first-order valence-electron chi connectivity index (χ1n) is 4.66. The number of aliphatic hydroxyl groups is 1. The predicted molar refractivity (Wildman–Crippen MR) is 53.3 cm³/mol. The van der Waals surface area contributed by atoms with Gasteiger partial charge in [0.2, 0.25) is 0 Å². The standard InChI is InChI=1S/C11H17NO/c1-9(2)8-11(3,13)10-6-4-5-7-12-10/h4-7,9,13H,8H2,1-3H3/t11-/m1/s1. The van der Waals surface area contributed by atoms with Crippen LogP contribution in [0.15, 0.2) is 24.4 Å². The molecule has 0 radical (unpaired) electrons. The van der Waals surface area contributed by atoms with Crippen molar-refractivity contribution in [1.82, 2.24) is 4.98 Å². The molecule has 0 aliphatic heterocycles. The number of aromatic nitrogens is 1. The van der Waals surface area contributed by atoms with Crippen LogP contribution in [0.3, 0.4) is 0 Å². The third-order valence-electron chi connectivity index (χ3n) is 2.02. The summed E-state index contributed by atoms with van der Waals surface area (Å²) in [6.45, 7) is 6.00. The van der Waals surface area contributed by atoms with E-state index in [9.17, 15) is 5.11 Å². The van der Waals surface area contributed by atoms with E-state index in [1.54, 1.807) is 6.20 Å². The van der Waals surface area contributed by atoms with Crippen molar-refractivity contribution in [3.05, 3.63) is 30.1 Å². The quantitative estimate of drug-likeness (QED) is 0.772. The molecule has 0 fully saturated rings. The first-order chi connectivity index (χ1) is 6.02. The zero-order valence-corrected chi connectivity index (χ0v) is 8.49. The molecule has 0 saturated carbocycles. The molecule has 2 nitrogen and oxygen atoms in total. The molecule has 0 unspecified atom stereocenters. The van der Waals surface area contributed by atoms with Crippen molar-refractivity contribution in [2.24, 2.45) is 5.92 Å². The lowest BCUT2D eigenvalue weighted by atomic mass is 9.91. The van der Waals surface area contributed by atoms with Crippen LogP contribution < -0.4 is 0 Å². The summed E-state index contributed by atoms with van der Waals surface area (Å²) in [7, 11) is 0. The van der Waals surface area contributed by atoms with Gasteiger partial charge in [0.25, 0.3) is 0 Å². The van der Waals surface area contributed by atoms with Crippen LogP contribution in [0.1, 0.15) is 32.9 Å². The van der Waals surface area contributed by atoms with Crippen molar-refractivity contribution in [2.75, 3.05) is 0 Å². The minimum Gasteiger partial charge on any atom is -0.384 e. The second kappa shape index (κ2) is 3.88. The zero-order chi connectivity index (χ0) is 9.90. The summed E-state index contributed by atoms with van der Waals surface area (Å²) >= 11 is 0. The highest BCUT2D eigenvalue weighted by Crippen LogP contribution is 2.25. The molecule has 1 heterocycles. The van der Waals surface area contributed by atoms with Gasteiger partial charge in [0.15, 0.2) is 0 Å². The van der Waals surface area contributed by atoms with Crippen molar-refractivity contribution in [1.29, 1.82) is 0 Å². The van der Waals surface area contributed by atoms with Gasteiger partial charge in [0.05, 0.1) is 5.69 Å². The van der Waals surface area contributed by atoms with Crippen LogP contribution in [-0.2, 0) is 5.60 Å². The zero-order valence-electron chi connectivity index (χ0n) is 8.49. The number of hydrogen-bond donors (Lipinski definition) is 1. The van der Waals surface area contributed by atoms with E-state index >= 15 is 0 Å². The maximum absolute atomic E-state index is 10.1. The smallest absolute Gasteiger partial charge is 0.104 e. The van der Waals surface area contributed by atoms with Crippen LogP contribution >= 0.6 is 0 Å². The van der Waals surface area contributed by atoms with Crippen LogP contribution in [0.25, 0.3) is 0 Å². The van der Waals surface area contributed by atoms with E-state index in [-0.39, 0.29) is 0 Å². The molecule has 2 heteroatoms. The first kappa shape index (κ1) is 10.2. The second-order valence-electron chi connectivity index (χ2n) is 4.09. The maximum atomic E-state index is 10.1. The topological polar surface area (TPSA) is 33.1 Å². The van der Waals surface area contributed by atoms with Crippen LogP contribution in [0, 0.1) is 5.92 Å². The van der Waals surface area contributed by atoms with Crippen LogP contribution in [0.4, 0.5) is 0 Å². The predicted octanol–water partition coefficient (Wildman–Crippen LogP) is 2.34. The highest BCUT2D eigenvalue weighted by atomic mass is 16.3. The summed E-state index contributed by atoms with van der Waals surface area (Å²) in [6, 6.07) is 5.62. The van der Waals surface area contributed by atoms with Gasteiger partial charge in [-0.3, -0.25) is 4.98 Å². The van der Waals surface area contributed by atoms with E-state index in [0.717, 1.165) is 12.1 Å². The SMILES string of the molecule is CC(C)C[C@@](C)(O)c1ccccn1. The van der Waals surface area contributed by atoms with Gasteiger partial charge in [0, 0.05) is 6.20 Å². The van der Waals surface area contributed by atoms with Crippen LogP contribution in [-0.4, -0.2) is 10.1 Å². The van der Waals surface area contributed by atoms with Crippen molar-refractivity contribution in [3.63, 3.8) is 0 Å². The first-order valence-corrected chi connectivity index (χ1v) is 4.66. The third kappa shape index (κ3) is 2.81. The molecule has 0 amide bonds. The number of pyridine rings is 1. The van der Waals surface area contributed by atoms with Gasteiger partial charge in [-0.15, -0.1) is 0 Å². The Kier molecular flexibility index (Phi) is 3.04. The molecule has 13 heavy (non-hydrogen) atoms. The van der Waals surface area contributed by atoms with Crippen molar-refractivity contribution < 1.29 is 5.11 Å². The molecule has 0 bridgehead atoms. The number of nitrogens with zero attached hydrogens (tertiary/aromatic N) is 1. The Morgan fingerprint density at radius 2 is 2.15 bits per heavy atom.